The van der Waals surface area contributed by atoms with Crippen molar-refractivity contribution < 1.29 is 18.7 Å². The molecule has 0 unspecified atom stereocenters. The second kappa shape index (κ2) is 8.78. The van der Waals surface area contributed by atoms with Crippen molar-refractivity contribution in [2.75, 3.05) is 11.9 Å². The van der Waals surface area contributed by atoms with Crippen LogP contribution < -0.4 is 5.32 Å². The fourth-order valence-corrected chi connectivity index (χ4v) is 4.45. The number of carbonyl (C=O) groups excluding carboxylic acids is 2. The number of anilines is 1. The van der Waals surface area contributed by atoms with Crippen LogP contribution >= 0.6 is 11.3 Å². The van der Waals surface area contributed by atoms with Crippen molar-refractivity contribution in [3.63, 3.8) is 0 Å². The molecule has 0 aliphatic rings. The van der Waals surface area contributed by atoms with Crippen LogP contribution in [0.5, 0.6) is 0 Å². The quantitative estimate of drug-likeness (QED) is 0.371. The first kappa shape index (κ1) is 20.9. The third-order valence-electron chi connectivity index (χ3n) is 5.05. The maximum absolute atomic E-state index is 12.8. The smallest absolute Gasteiger partial charge is 0.341 e. The molecule has 4 rings (SSSR count). The molecule has 0 atom stereocenters. The maximum Gasteiger partial charge on any atom is 0.341 e. The highest BCUT2D eigenvalue weighted by molar-refractivity contribution is 7.15. The summed E-state index contributed by atoms with van der Waals surface area (Å²) in [6.07, 6.45) is 1.76. The number of esters is 1. The number of carbonyl (C=O) groups is 2. The number of furan rings is 1. The lowest BCUT2D eigenvalue weighted by molar-refractivity contribution is -0.115. The molecule has 158 valence electrons. The fraction of sp³-hybridized carbons (Fsp3) is 0.200. The Hall–Kier alpha value is -3.38. The van der Waals surface area contributed by atoms with Crippen LogP contribution in [0, 0.1) is 13.8 Å². The van der Waals surface area contributed by atoms with Gasteiger partial charge in [-0.05, 0) is 38.5 Å². The number of thiophene rings is 1. The minimum Gasteiger partial charge on any atom is -0.464 e. The van der Waals surface area contributed by atoms with Gasteiger partial charge in [-0.3, -0.25) is 4.79 Å². The first-order valence-electron chi connectivity index (χ1n) is 10.1. The molecule has 2 aromatic carbocycles. The Kier molecular flexibility index (Phi) is 5.91. The van der Waals surface area contributed by atoms with Crippen molar-refractivity contribution in [2.45, 2.75) is 27.2 Å². The summed E-state index contributed by atoms with van der Waals surface area (Å²) in [5, 5.41) is 6.20. The number of ether oxygens (including phenoxy) is 1. The van der Waals surface area contributed by atoms with E-state index in [-0.39, 0.29) is 18.9 Å². The Bertz CT molecular complexity index is 1250. The summed E-state index contributed by atoms with van der Waals surface area (Å²) in [5.74, 6) is -0.661. The van der Waals surface area contributed by atoms with E-state index in [9.17, 15) is 9.59 Å². The van der Waals surface area contributed by atoms with Gasteiger partial charge in [0.2, 0.25) is 5.91 Å². The van der Waals surface area contributed by atoms with Gasteiger partial charge in [-0.25, -0.2) is 4.79 Å². The molecule has 31 heavy (non-hydrogen) atoms. The Morgan fingerprint density at radius 2 is 1.81 bits per heavy atom. The van der Waals surface area contributed by atoms with Crippen LogP contribution in [0.4, 0.5) is 5.00 Å². The van der Waals surface area contributed by atoms with Crippen LogP contribution in [0.25, 0.3) is 22.1 Å². The summed E-state index contributed by atoms with van der Waals surface area (Å²) in [6, 6.07) is 13.8. The van der Waals surface area contributed by atoms with Gasteiger partial charge in [0.1, 0.15) is 16.1 Å². The highest BCUT2D eigenvalue weighted by Gasteiger charge is 2.23. The largest absolute Gasteiger partial charge is 0.464 e. The standard InChI is InChI=1S/C25H23NO4S/c1-4-29-25(28)23-20(17-8-5-15(2)6-9-17)14-31-24(23)26-22(27)12-18-13-30-21-10-7-16(3)11-19(18)21/h5-11,13-14H,4,12H2,1-3H3,(H,26,27). The Morgan fingerprint density at radius 3 is 2.55 bits per heavy atom. The Balaban J connectivity index is 1.62. The van der Waals surface area contributed by atoms with Crippen molar-refractivity contribution >= 4 is 39.2 Å². The molecule has 6 heteroatoms. The molecule has 0 fully saturated rings. The molecule has 0 saturated heterocycles. The molecule has 0 aliphatic carbocycles. The second-order valence-electron chi connectivity index (χ2n) is 7.43. The van der Waals surface area contributed by atoms with Crippen LogP contribution in [0.15, 0.2) is 58.5 Å². The molecule has 0 radical (unpaired) electrons. The van der Waals surface area contributed by atoms with E-state index in [0.717, 1.165) is 38.8 Å². The Labute approximate surface area is 184 Å². The summed E-state index contributed by atoms with van der Waals surface area (Å²) in [5.41, 5.74) is 5.83. The van der Waals surface area contributed by atoms with Crippen LogP contribution in [0.3, 0.4) is 0 Å². The average Bonchev–Trinajstić information content (AvgIpc) is 3.33. The van der Waals surface area contributed by atoms with Crippen molar-refractivity contribution in [3.05, 3.63) is 76.4 Å². The lowest BCUT2D eigenvalue weighted by Crippen LogP contribution is -2.16. The van der Waals surface area contributed by atoms with Crippen molar-refractivity contribution in [3.8, 4) is 11.1 Å². The summed E-state index contributed by atoms with van der Waals surface area (Å²) >= 11 is 1.32. The summed E-state index contributed by atoms with van der Waals surface area (Å²) < 4.78 is 10.8. The van der Waals surface area contributed by atoms with Crippen LogP contribution in [0.2, 0.25) is 0 Å². The Morgan fingerprint density at radius 1 is 1.06 bits per heavy atom. The number of aryl methyl sites for hydroxylation is 2. The minimum absolute atomic E-state index is 0.149. The van der Waals surface area contributed by atoms with E-state index >= 15 is 0 Å². The molecule has 1 N–H and O–H groups in total. The van der Waals surface area contributed by atoms with E-state index in [0.29, 0.717) is 10.6 Å². The monoisotopic (exact) mass is 433 g/mol. The second-order valence-corrected chi connectivity index (χ2v) is 8.31. The van der Waals surface area contributed by atoms with Gasteiger partial charge in [0, 0.05) is 21.9 Å². The number of nitrogens with one attached hydrogen (secondary N) is 1. The van der Waals surface area contributed by atoms with Crippen molar-refractivity contribution in [2.24, 2.45) is 0 Å². The predicted molar refractivity (Wildman–Crippen MR) is 124 cm³/mol. The number of rotatable bonds is 6. The number of fused-ring (bicyclic) bond motifs is 1. The third-order valence-corrected chi connectivity index (χ3v) is 5.94. The van der Waals surface area contributed by atoms with Gasteiger partial charge in [0.25, 0.3) is 0 Å². The molecule has 1 amide bonds. The minimum atomic E-state index is -0.445. The van der Waals surface area contributed by atoms with Crippen molar-refractivity contribution in [1.82, 2.24) is 0 Å². The number of hydrogen-bond acceptors (Lipinski definition) is 5. The van der Waals surface area contributed by atoms with Gasteiger partial charge >= 0.3 is 5.97 Å². The zero-order chi connectivity index (χ0) is 22.0. The van der Waals surface area contributed by atoms with E-state index < -0.39 is 5.97 Å². The number of hydrogen-bond donors (Lipinski definition) is 1. The molecular formula is C25H23NO4S. The molecule has 0 aliphatic heterocycles. The SMILES string of the molecule is CCOC(=O)c1c(-c2ccc(C)cc2)csc1NC(=O)Cc1coc2ccc(C)cc12. The average molecular weight is 434 g/mol. The first-order chi connectivity index (χ1) is 15.0. The van der Waals surface area contributed by atoms with Gasteiger partial charge in [-0.1, -0.05) is 41.5 Å². The zero-order valence-electron chi connectivity index (χ0n) is 17.7. The van der Waals surface area contributed by atoms with Crippen LogP contribution in [0.1, 0.15) is 34.0 Å². The normalized spacial score (nSPS) is 10.9. The van der Waals surface area contributed by atoms with E-state index in [1.54, 1.807) is 13.2 Å². The molecule has 0 spiro atoms. The van der Waals surface area contributed by atoms with Gasteiger partial charge < -0.3 is 14.5 Å². The molecule has 0 saturated carbocycles. The van der Waals surface area contributed by atoms with Crippen LogP contribution in [-0.2, 0) is 16.0 Å². The van der Waals surface area contributed by atoms with E-state index in [4.69, 9.17) is 9.15 Å². The van der Waals surface area contributed by atoms with E-state index in [2.05, 4.69) is 5.32 Å². The summed E-state index contributed by atoms with van der Waals surface area (Å²) in [6.45, 7) is 6.03. The van der Waals surface area contributed by atoms with Gasteiger partial charge in [-0.15, -0.1) is 11.3 Å². The fourth-order valence-electron chi connectivity index (χ4n) is 3.48. The lowest BCUT2D eigenvalue weighted by atomic mass is 10.0. The predicted octanol–water partition coefficient (Wildman–Crippen LogP) is 6.14. The molecule has 4 aromatic rings. The lowest BCUT2D eigenvalue weighted by Gasteiger charge is -2.09. The van der Waals surface area contributed by atoms with E-state index in [1.165, 1.54) is 11.3 Å². The maximum atomic E-state index is 12.8. The van der Waals surface area contributed by atoms with Gasteiger partial charge in [-0.2, -0.15) is 0 Å². The van der Waals surface area contributed by atoms with Gasteiger partial charge in [0.05, 0.1) is 19.3 Å². The molecule has 2 heterocycles. The first-order valence-corrected chi connectivity index (χ1v) is 11.0. The highest BCUT2D eigenvalue weighted by atomic mass is 32.1. The zero-order valence-corrected chi connectivity index (χ0v) is 18.5. The highest BCUT2D eigenvalue weighted by Crippen LogP contribution is 2.36. The third kappa shape index (κ3) is 4.39. The van der Waals surface area contributed by atoms with E-state index in [1.807, 2.05) is 61.7 Å². The molecule has 2 aromatic heterocycles. The van der Waals surface area contributed by atoms with Crippen molar-refractivity contribution in [1.29, 1.82) is 0 Å². The number of amides is 1. The molecule has 0 bridgehead atoms. The number of benzene rings is 2. The summed E-state index contributed by atoms with van der Waals surface area (Å²) in [4.78, 5) is 25.5. The van der Waals surface area contributed by atoms with Gasteiger partial charge in [0.15, 0.2) is 0 Å². The van der Waals surface area contributed by atoms with Crippen LogP contribution in [-0.4, -0.2) is 18.5 Å². The molecular weight excluding hydrogens is 410 g/mol. The summed E-state index contributed by atoms with van der Waals surface area (Å²) in [7, 11) is 0. The topological polar surface area (TPSA) is 68.5 Å². The molecule has 5 nitrogen and oxygen atoms in total.